The summed E-state index contributed by atoms with van der Waals surface area (Å²) < 4.78 is 0. The van der Waals surface area contributed by atoms with Gasteiger partial charge in [0.15, 0.2) is 0 Å². The van der Waals surface area contributed by atoms with E-state index < -0.39 is 0 Å². The lowest BCUT2D eigenvalue weighted by Gasteiger charge is -2.31. The van der Waals surface area contributed by atoms with E-state index in [0.717, 1.165) is 13.0 Å². The van der Waals surface area contributed by atoms with Crippen molar-refractivity contribution in [1.29, 1.82) is 5.26 Å². The Bertz CT molecular complexity index is 257. The van der Waals surface area contributed by atoms with Gasteiger partial charge in [0.05, 0.1) is 6.07 Å². The Morgan fingerprint density at radius 2 is 1.94 bits per heavy atom. The van der Waals surface area contributed by atoms with Gasteiger partial charge in [-0.25, -0.2) is 0 Å². The first-order valence-corrected chi connectivity index (χ1v) is 7.11. The highest BCUT2D eigenvalue weighted by atomic mass is 14.9. The van der Waals surface area contributed by atoms with Crippen LogP contribution < -0.4 is 5.32 Å². The lowest BCUT2D eigenvalue weighted by Crippen LogP contribution is -2.37. The van der Waals surface area contributed by atoms with E-state index in [2.05, 4.69) is 32.2 Å². The highest BCUT2D eigenvalue weighted by Gasteiger charge is 2.31. The van der Waals surface area contributed by atoms with E-state index in [-0.39, 0.29) is 5.41 Å². The van der Waals surface area contributed by atoms with Gasteiger partial charge in [0, 0.05) is 19.5 Å². The summed E-state index contributed by atoms with van der Waals surface area (Å²) in [6.07, 6.45) is 8.59. The van der Waals surface area contributed by atoms with Gasteiger partial charge in [0.2, 0.25) is 0 Å². The van der Waals surface area contributed by atoms with Crippen LogP contribution in [0, 0.1) is 22.2 Å². The van der Waals surface area contributed by atoms with E-state index in [1.54, 1.807) is 0 Å². The maximum atomic E-state index is 8.64. The highest BCUT2D eigenvalue weighted by Crippen LogP contribution is 2.40. The minimum Gasteiger partial charge on any atom is -0.316 e. The summed E-state index contributed by atoms with van der Waals surface area (Å²) in [7, 11) is 0. The van der Waals surface area contributed by atoms with Gasteiger partial charge in [-0.2, -0.15) is 5.26 Å². The van der Waals surface area contributed by atoms with Gasteiger partial charge in [-0.05, 0) is 36.5 Å². The average Bonchev–Trinajstić information content (AvgIpc) is 2.76. The number of nitrogens with one attached hydrogen (secondary N) is 1. The summed E-state index contributed by atoms with van der Waals surface area (Å²) in [4.78, 5) is 0. The Hall–Kier alpha value is -0.550. The molecule has 0 bridgehead atoms. The average molecular weight is 236 g/mol. The largest absolute Gasteiger partial charge is 0.316 e. The topological polar surface area (TPSA) is 35.8 Å². The number of hydrogen-bond acceptors (Lipinski definition) is 2. The predicted molar refractivity (Wildman–Crippen MR) is 72.7 cm³/mol. The molecule has 1 aliphatic carbocycles. The Kier molecular flexibility index (Phi) is 5.46. The molecule has 2 nitrogen and oxygen atoms in total. The minimum atomic E-state index is 0.253. The number of rotatable bonds is 7. The molecule has 0 atom stereocenters. The Labute approximate surface area is 107 Å². The van der Waals surface area contributed by atoms with Gasteiger partial charge in [-0.15, -0.1) is 0 Å². The van der Waals surface area contributed by atoms with Crippen molar-refractivity contribution in [1.82, 2.24) is 5.32 Å². The molecule has 0 aliphatic heterocycles. The van der Waals surface area contributed by atoms with Crippen LogP contribution in [0.25, 0.3) is 0 Å². The first-order chi connectivity index (χ1) is 8.04. The zero-order valence-electron chi connectivity index (χ0n) is 11.8. The fourth-order valence-electron chi connectivity index (χ4n) is 2.93. The third-order valence-corrected chi connectivity index (χ3v) is 4.43. The van der Waals surface area contributed by atoms with E-state index in [9.17, 15) is 0 Å². The van der Waals surface area contributed by atoms with E-state index >= 15 is 0 Å². The van der Waals surface area contributed by atoms with Crippen LogP contribution >= 0.6 is 0 Å². The van der Waals surface area contributed by atoms with Crippen molar-refractivity contribution >= 4 is 0 Å². The van der Waals surface area contributed by atoms with Crippen molar-refractivity contribution in [2.24, 2.45) is 10.8 Å². The molecule has 0 unspecified atom stereocenters. The second-order valence-electron chi connectivity index (χ2n) is 6.49. The summed E-state index contributed by atoms with van der Waals surface area (Å²) in [5.74, 6) is 0. The Morgan fingerprint density at radius 1 is 1.29 bits per heavy atom. The van der Waals surface area contributed by atoms with Gasteiger partial charge in [-0.1, -0.05) is 33.6 Å². The molecule has 1 aliphatic rings. The molecular weight excluding hydrogens is 208 g/mol. The van der Waals surface area contributed by atoms with Crippen molar-refractivity contribution in [3.05, 3.63) is 0 Å². The predicted octanol–water partition coefficient (Wildman–Crippen LogP) is 3.88. The minimum absolute atomic E-state index is 0.253. The standard InChI is InChI=1S/C15H28N2/c1-4-15(9-5-6-10-15)13-17-12-14(2,3)8-7-11-16/h17H,4-10,12-13H2,1-3H3. The van der Waals surface area contributed by atoms with Crippen LogP contribution in [0.5, 0.6) is 0 Å². The molecule has 2 heteroatoms. The molecule has 98 valence electrons. The highest BCUT2D eigenvalue weighted by molar-refractivity contribution is 4.87. The van der Waals surface area contributed by atoms with Gasteiger partial charge in [-0.3, -0.25) is 0 Å². The monoisotopic (exact) mass is 236 g/mol. The number of nitrogens with zero attached hydrogens (tertiary/aromatic N) is 1. The third kappa shape index (κ3) is 4.68. The van der Waals surface area contributed by atoms with E-state index in [4.69, 9.17) is 5.26 Å². The van der Waals surface area contributed by atoms with Crippen LogP contribution in [0.2, 0.25) is 0 Å². The van der Waals surface area contributed by atoms with E-state index in [1.807, 2.05) is 0 Å². The van der Waals surface area contributed by atoms with Crippen LogP contribution in [-0.4, -0.2) is 13.1 Å². The molecule has 1 fully saturated rings. The van der Waals surface area contributed by atoms with Crippen LogP contribution in [0.1, 0.15) is 65.7 Å². The molecule has 0 heterocycles. The molecule has 0 spiro atoms. The quantitative estimate of drug-likeness (QED) is 0.728. The first kappa shape index (κ1) is 14.5. The molecule has 0 amide bonds. The molecule has 0 aromatic heterocycles. The molecule has 0 aromatic rings. The molecule has 1 rings (SSSR count). The zero-order chi connectivity index (χ0) is 12.8. The first-order valence-electron chi connectivity index (χ1n) is 7.11. The fraction of sp³-hybridized carbons (Fsp3) is 0.933. The molecule has 0 aromatic carbocycles. The lowest BCUT2D eigenvalue weighted by atomic mass is 9.82. The van der Waals surface area contributed by atoms with Gasteiger partial charge < -0.3 is 5.32 Å². The van der Waals surface area contributed by atoms with Crippen LogP contribution in [-0.2, 0) is 0 Å². The van der Waals surface area contributed by atoms with Crippen molar-refractivity contribution in [3.63, 3.8) is 0 Å². The second-order valence-corrected chi connectivity index (χ2v) is 6.49. The molecule has 1 N–H and O–H groups in total. The van der Waals surface area contributed by atoms with Crippen molar-refractivity contribution in [2.45, 2.75) is 65.7 Å². The molecule has 0 radical (unpaired) electrons. The lowest BCUT2D eigenvalue weighted by molar-refractivity contribution is 0.238. The van der Waals surface area contributed by atoms with Crippen molar-refractivity contribution in [3.8, 4) is 6.07 Å². The van der Waals surface area contributed by atoms with Gasteiger partial charge in [0.1, 0.15) is 0 Å². The Balaban J connectivity index is 2.28. The number of nitriles is 1. The fourth-order valence-corrected chi connectivity index (χ4v) is 2.93. The second kappa shape index (κ2) is 6.40. The molecule has 0 saturated heterocycles. The van der Waals surface area contributed by atoms with Crippen molar-refractivity contribution in [2.75, 3.05) is 13.1 Å². The van der Waals surface area contributed by atoms with Crippen LogP contribution in [0.3, 0.4) is 0 Å². The number of hydrogen-bond donors (Lipinski definition) is 1. The van der Waals surface area contributed by atoms with E-state index in [1.165, 1.54) is 38.6 Å². The van der Waals surface area contributed by atoms with Crippen LogP contribution in [0.4, 0.5) is 0 Å². The maximum Gasteiger partial charge on any atom is 0.0621 e. The summed E-state index contributed by atoms with van der Waals surface area (Å²) in [5.41, 5.74) is 0.828. The summed E-state index contributed by atoms with van der Waals surface area (Å²) in [6, 6.07) is 2.25. The van der Waals surface area contributed by atoms with E-state index in [0.29, 0.717) is 11.8 Å². The molecule has 17 heavy (non-hydrogen) atoms. The summed E-state index contributed by atoms with van der Waals surface area (Å²) in [5, 5.41) is 12.3. The maximum absolute atomic E-state index is 8.64. The summed E-state index contributed by atoms with van der Waals surface area (Å²) >= 11 is 0. The molecule has 1 saturated carbocycles. The molecular formula is C15H28N2. The normalized spacial score (nSPS) is 19.2. The third-order valence-electron chi connectivity index (χ3n) is 4.43. The Morgan fingerprint density at radius 3 is 2.47 bits per heavy atom. The van der Waals surface area contributed by atoms with Crippen molar-refractivity contribution < 1.29 is 0 Å². The SMILES string of the molecule is CCC1(CNCC(C)(C)CCC#N)CCCC1. The van der Waals surface area contributed by atoms with Gasteiger partial charge in [0.25, 0.3) is 0 Å². The smallest absolute Gasteiger partial charge is 0.0621 e. The zero-order valence-corrected chi connectivity index (χ0v) is 11.8. The summed E-state index contributed by atoms with van der Waals surface area (Å²) in [6.45, 7) is 9.04. The van der Waals surface area contributed by atoms with Crippen LogP contribution in [0.15, 0.2) is 0 Å². The van der Waals surface area contributed by atoms with Gasteiger partial charge >= 0.3 is 0 Å².